The summed E-state index contributed by atoms with van der Waals surface area (Å²) in [5.41, 5.74) is 0.222. The minimum Gasteiger partial charge on any atom is -0.481 e. The quantitative estimate of drug-likeness (QED) is 0.752. The fourth-order valence-electron chi connectivity index (χ4n) is 7.69. The summed E-state index contributed by atoms with van der Waals surface area (Å²) < 4.78 is 0. The van der Waals surface area contributed by atoms with Gasteiger partial charge in [-0.2, -0.15) is 0 Å². The van der Waals surface area contributed by atoms with E-state index >= 15 is 0 Å². The molecule has 0 bridgehead atoms. The molecule has 4 rings (SSSR count). The number of fused-ring (bicyclic) bond motifs is 5. The largest absolute Gasteiger partial charge is 0.481 e. The zero-order valence-corrected chi connectivity index (χ0v) is 16.1. The number of carboxylic acids is 1. The highest BCUT2D eigenvalue weighted by atomic mass is 16.4. The van der Waals surface area contributed by atoms with Crippen molar-refractivity contribution in [3.05, 3.63) is 11.6 Å². The number of hydrogen-bond acceptors (Lipinski definition) is 3. The van der Waals surface area contributed by atoms with Crippen molar-refractivity contribution >= 4 is 17.5 Å². The van der Waals surface area contributed by atoms with Gasteiger partial charge in [0.25, 0.3) is 0 Å². The Balaban J connectivity index is 1.72. The van der Waals surface area contributed by atoms with Gasteiger partial charge in [0.05, 0.1) is 5.41 Å². The average Bonchev–Trinajstić information content (AvgIpc) is 2.90. The molecule has 0 spiro atoms. The fourth-order valence-corrected chi connectivity index (χ4v) is 7.69. The molecule has 0 saturated heterocycles. The summed E-state index contributed by atoms with van der Waals surface area (Å²) in [6.45, 7) is 6.44. The second-order valence-corrected chi connectivity index (χ2v) is 9.70. The summed E-state index contributed by atoms with van der Waals surface area (Å²) in [7, 11) is 0. The van der Waals surface area contributed by atoms with E-state index in [0.29, 0.717) is 30.6 Å². The van der Waals surface area contributed by atoms with Gasteiger partial charge in [-0.25, -0.2) is 0 Å². The predicted molar refractivity (Wildman–Crippen MR) is 97.5 cm³/mol. The fraction of sp³-hybridized carbons (Fsp3) is 0.773. The smallest absolute Gasteiger partial charge is 0.310 e. The maximum Gasteiger partial charge on any atom is 0.310 e. The van der Waals surface area contributed by atoms with Crippen LogP contribution in [0.4, 0.5) is 0 Å². The van der Waals surface area contributed by atoms with E-state index in [2.05, 4.69) is 13.8 Å². The molecule has 4 nitrogen and oxygen atoms in total. The molecule has 4 heteroatoms. The summed E-state index contributed by atoms with van der Waals surface area (Å²) in [6.07, 6.45) is 8.24. The molecular formula is C22H30O4. The molecule has 0 aromatic rings. The Morgan fingerprint density at radius 2 is 1.85 bits per heavy atom. The van der Waals surface area contributed by atoms with Gasteiger partial charge in [-0.05, 0) is 79.6 Å². The Bertz CT molecular complexity index is 722. The monoisotopic (exact) mass is 358 g/mol. The van der Waals surface area contributed by atoms with E-state index in [1.54, 1.807) is 6.08 Å². The summed E-state index contributed by atoms with van der Waals surface area (Å²) >= 11 is 0. The normalized spacial score (nSPS) is 47.7. The van der Waals surface area contributed by atoms with Crippen LogP contribution in [-0.2, 0) is 14.4 Å². The highest BCUT2D eigenvalue weighted by Gasteiger charge is 2.66. The predicted octanol–water partition coefficient (Wildman–Crippen LogP) is 4.18. The first kappa shape index (κ1) is 17.9. The third-order valence-electron chi connectivity index (χ3n) is 9.22. The third-order valence-corrected chi connectivity index (χ3v) is 9.22. The Kier molecular flexibility index (Phi) is 3.81. The van der Waals surface area contributed by atoms with Crippen LogP contribution in [0.2, 0.25) is 0 Å². The zero-order chi connectivity index (χ0) is 18.9. The molecule has 0 unspecified atom stereocenters. The minimum atomic E-state index is -0.621. The van der Waals surface area contributed by atoms with Gasteiger partial charge in [0, 0.05) is 6.42 Å². The van der Waals surface area contributed by atoms with E-state index in [0.717, 1.165) is 38.5 Å². The van der Waals surface area contributed by atoms with Crippen LogP contribution < -0.4 is 0 Å². The van der Waals surface area contributed by atoms with Crippen molar-refractivity contribution in [2.24, 2.45) is 34.0 Å². The van der Waals surface area contributed by atoms with Crippen molar-refractivity contribution in [2.45, 2.75) is 72.1 Å². The Hall–Kier alpha value is -1.45. The van der Waals surface area contributed by atoms with Crippen molar-refractivity contribution in [2.75, 3.05) is 0 Å². The van der Waals surface area contributed by atoms with Gasteiger partial charge in [-0.3, -0.25) is 14.4 Å². The second-order valence-electron chi connectivity index (χ2n) is 9.70. The summed E-state index contributed by atoms with van der Waals surface area (Å²) in [5, 5.41) is 10.1. The Morgan fingerprint density at radius 1 is 1.15 bits per heavy atom. The molecule has 26 heavy (non-hydrogen) atoms. The van der Waals surface area contributed by atoms with Crippen molar-refractivity contribution < 1.29 is 19.5 Å². The number of Topliss-reactive ketones (excluding diaryl/α,β-unsaturated/α-hetero) is 1. The summed E-state index contributed by atoms with van der Waals surface area (Å²) in [4.78, 5) is 36.3. The highest BCUT2D eigenvalue weighted by molar-refractivity contribution is 6.42. The number of aliphatic carboxylic acids is 1. The van der Waals surface area contributed by atoms with E-state index in [-0.39, 0.29) is 22.4 Å². The zero-order valence-electron chi connectivity index (χ0n) is 16.1. The standard InChI is InChI=1S/C22H30O4/c1-4-22(19(25)26)10-8-16-14-6-5-13-11-17(23)18(24)12-20(13,2)15(14)7-9-21(16,22)3/h11,14-16H,4-10,12H2,1-3H3,(H,25,26)/t14-,15+,16+,20+,21+,22-/m1/s1. The molecule has 0 heterocycles. The molecule has 0 aromatic heterocycles. The second kappa shape index (κ2) is 5.53. The van der Waals surface area contributed by atoms with E-state index in [1.165, 1.54) is 5.57 Å². The molecule has 0 amide bonds. The molecule has 4 aliphatic carbocycles. The van der Waals surface area contributed by atoms with Crippen LogP contribution in [-0.4, -0.2) is 22.6 Å². The maximum absolute atomic E-state index is 12.3. The molecule has 1 N–H and O–H groups in total. The number of carbonyl (C=O) groups is 3. The molecule has 0 radical (unpaired) electrons. The minimum absolute atomic E-state index is 0.152. The van der Waals surface area contributed by atoms with Gasteiger partial charge in [0.15, 0.2) is 0 Å². The third kappa shape index (κ3) is 1.99. The summed E-state index contributed by atoms with van der Waals surface area (Å²) in [5.74, 6) is 0.107. The lowest BCUT2D eigenvalue weighted by Gasteiger charge is -2.59. The number of carbonyl (C=O) groups excluding carboxylic acids is 2. The van der Waals surface area contributed by atoms with Gasteiger partial charge < -0.3 is 5.11 Å². The topological polar surface area (TPSA) is 71.4 Å². The maximum atomic E-state index is 12.3. The highest BCUT2D eigenvalue weighted by Crippen LogP contribution is 2.70. The van der Waals surface area contributed by atoms with Crippen LogP contribution in [0.25, 0.3) is 0 Å². The lowest BCUT2D eigenvalue weighted by molar-refractivity contribution is -0.164. The molecule has 6 atom stereocenters. The van der Waals surface area contributed by atoms with Crippen LogP contribution in [0.15, 0.2) is 11.6 Å². The van der Waals surface area contributed by atoms with Crippen molar-refractivity contribution in [1.29, 1.82) is 0 Å². The lowest BCUT2D eigenvalue weighted by Crippen LogP contribution is -2.54. The number of rotatable bonds is 2. The van der Waals surface area contributed by atoms with E-state index < -0.39 is 11.4 Å². The molecule has 0 aromatic carbocycles. The number of ketones is 2. The van der Waals surface area contributed by atoms with Crippen molar-refractivity contribution in [3.8, 4) is 0 Å². The van der Waals surface area contributed by atoms with E-state index in [9.17, 15) is 19.5 Å². The van der Waals surface area contributed by atoms with Crippen LogP contribution in [0.1, 0.15) is 72.1 Å². The molecule has 3 saturated carbocycles. The Labute approximate surface area is 155 Å². The molecule has 0 aliphatic heterocycles. The first-order valence-corrected chi connectivity index (χ1v) is 10.2. The number of carboxylic acid groups (broad SMARTS) is 1. The first-order valence-electron chi connectivity index (χ1n) is 10.2. The summed E-state index contributed by atoms with van der Waals surface area (Å²) in [6, 6.07) is 0. The first-order chi connectivity index (χ1) is 12.2. The van der Waals surface area contributed by atoms with E-state index in [1.807, 2.05) is 6.92 Å². The molecule has 4 aliphatic rings. The van der Waals surface area contributed by atoms with Crippen LogP contribution >= 0.6 is 0 Å². The Morgan fingerprint density at radius 3 is 2.50 bits per heavy atom. The van der Waals surface area contributed by atoms with Gasteiger partial charge in [-0.15, -0.1) is 0 Å². The van der Waals surface area contributed by atoms with Gasteiger partial charge in [0.2, 0.25) is 11.6 Å². The molecule has 3 fully saturated rings. The van der Waals surface area contributed by atoms with Crippen LogP contribution in [0.3, 0.4) is 0 Å². The van der Waals surface area contributed by atoms with Crippen LogP contribution in [0, 0.1) is 34.0 Å². The van der Waals surface area contributed by atoms with Crippen molar-refractivity contribution in [1.82, 2.24) is 0 Å². The molecule has 142 valence electrons. The van der Waals surface area contributed by atoms with E-state index in [4.69, 9.17) is 0 Å². The average molecular weight is 358 g/mol. The number of allylic oxidation sites excluding steroid dienone is 1. The molecular weight excluding hydrogens is 328 g/mol. The number of hydrogen-bond donors (Lipinski definition) is 1. The lowest BCUT2D eigenvalue weighted by atomic mass is 9.45. The van der Waals surface area contributed by atoms with Crippen molar-refractivity contribution in [3.63, 3.8) is 0 Å². The van der Waals surface area contributed by atoms with Gasteiger partial charge in [-0.1, -0.05) is 26.3 Å². The van der Waals surface area contributed by atoms with Gasteiger partial charge >= 0.3 is 5.97 Å². The van der Waals surface area contributed by atoms with Gasteiger partial charge in [0.1, 0.15) is 0 Å². The van der Waals surface area contributed by atoms with Crippen LogP contribution in [0.5, 0.6) is 0 Å². The SMILES string of the molecule is CC[C@]1(C(=O)O)CC[C@H]2[C@@H]3CCC4=CC(=O)C(=O)C[C@]4(C)[C@H]3CC[C@@]21C.